The number of nitrogens with one attached hydrogen (secondary N) is 1. The SMILES string of the molecule is Oc1ccccc1CNCC1CC(O)CN1Cc1ccccc1. The number of phenolic OH excluding ortho intramolecular Hbond substituents is 1. The second-order valence-corrected chi connectivity index (χ2v) is 6.22. The van der Waals surface area contributed by atoms with Gasteiger partial charge in [-0.2, -0.15) is 0 Å². The minimum absolute atomic E-state index is 0.254. The average molecular weight is 312 g/mol. The monoisotopic (exact) mass is 312 g/mol. The number of aliphatic hydroxyl groups is 1. The number of aromatic hydroxyl groups is 1. The van der Waals surface area contributed by atoms with Gasteiger partial charge in [0.05, 0.1) is 6.10 Å². The Labute approximate surface area is 137 Å². The van der Waals surface area contributed by atoms with Crippen LogP contribution in [0.1, 0.15) is 17.5 Å². The highest BCUT2D eigenvalue weighted by Gasteiger charge is 2.30. The van der Waals surface area contributed by atoms with E-state index in [1.165, 1.54) is 5.56 Å². The normalized spacial score (nSPS) is 21.6. The molecule has 23 heavy (non-hydrogen) atoms. The molecule has 3 rings (SSSR count). The molecule has 4 nitrogen and oxygen atoms in total. The lowest BCUT2D eigenvalue weighted by atomic mass is 10.1. The lowest BCUT2D eigenvalue weighted by Gasteiger charge is -2.24. The lowest BCUT2D eigenvalue weighted by molar-refractivity contribution is 0.172. The molecule has 0 aromatic heterocycles. The summed E-state index contributed by atoms with van der Waals surface area (Å²) < 4.78 is 0. The minimum Gasteiger partial charge on any atom is -0.508 e. The highest BCUT2D eigenvalue weighted by Crippen LogP contribution is 2.21. The first-order valence-electron chi connectivity index (χ1n) is 8.16. The Bertz CT molecular complexity index is 618. The molecule has 2 unspecified atom stereocenters. The van der Waals surface area contributed by atoms with Gasteiger partial charge < -0.3 is 15.5 Å². The van der Waals surface area contributed by atoms with E-state index in [-0.39, 0.29) is 6.10 Å². The summed E-state index contributed by atoms with van der Waals surface area (Å²) in [7, 11) is 0. The number of hydrogen-bond donors (Lipinski definition) is 3. The van der Waals surface area contributed by atoms with Crippen molar-refractivity contribution < 1.29 is 10.2 Å². The van der Waals surface area contributed by atoms with Crippen LogP contribution in [0, 0.1) is 0 Å². The van der Waals surface area contributed by atoms with Gasteiger partial charge in [0.1, 0.15) is 5.75 Å². The molecule has 2 aromatic carbocycles. The zero-order chi connectivity index (χ0) is 16.1. The number of hydrogen-bond acceptors (Lipinski definition) is 4. The molecule has 1 heterocycles. The molecule has 1 fully saturated rings. The second-order valence-electron chi connectivity index (χ2n) is 6.22. The molecular weight excluding hydrogens is 288 g/mol. The molecule has 0 radical (unpaired) electrons. The van der Waals surface area contributed by atoms with Crippen LogP contribution in [0.5, 0.6) is 5.75 Å². The fourth-order valence-corrected chi connectivity index (χ4v) is 3.22. The summed E-state index contributed by atoms with van der Waals surface area (Å²) in [5, 5.41) is 23.2. The molecular formula is C19H24N2O2. The van der Waals surface area contributed by atoms with Gasteiger partial charge in [-0.05, 0) is 18.1 Å². The van der Waals surface area contributed by atoms with E-state index < -0.39 is 0 Å². The number of rotatable bonds is 6. The number of β-amino-alcohol motifs (C(OH)–C–C–N with tert-alkyl or cyclic N) is 1. The van der Waals surface area contributed by atoms with Gasteiger partial charge in [-0.1, -0.05) is 48.5 Å². The molecule has 0 saturated carbocycles. The minimum atomic E-state index is -0.254. The van der Waals surface area contributed by atoms with Crippen LogP contribution in [0.25, 0.3) is 0 Å². The average Bonchev–Trinajstić information content (AvgIpc) is 2.90. The number of benzene rings is 2. The van der Waals surface area contributed by atoms with Crippen LogP contribution in [-0.4, -0.2) is 40.3 Å². The van der Waals surface area contributed by atoms with E-state index in [9.17, 15) is 10.2 Å². The maximum absolute atomic E-state index is 10.00. The Balaban J connectivity index is 1.54. The Morgan fingerprint density at radius 1 is 1.04 bits per heavy atom. The van der Waals surface area contributed by atoms with Crippen molar-refractivity contribution in [2.75, 3.05) is 13.1 Å². The Morgan fingerprint density at radius 2 is 1.78 bits per heavy atom. The fraction of sp³-hybridized carbons (Fsp3) is 0.368. The van der Waals surface area contributed by atoms with E-state index >= 15 is 0 Å². The predicted molar refractivity (Wildman–Crippen MR) is 91.1 cm³/mol. The number of phenols is 1. The van der Waals surface area contributed by atoms with Crippen molar-refractivity contribution in [3.63, 3.8) is 0 Å². The van der Waals surface area contributed by atoms with Gasteiger partial charge in [0, 0.05) is 37.8 Å². The van der Waals surface area contributed by atoms with Gasteiger partial charge in [-0.15, -0.1) is 0 Å². The highest BCUT2D eigenvalue weighted by atomic mass is 16.3. The molecule has 2 aromatic rings. The number of aliphatic hydroxyl groups excluding tert-OH is 1. The molecule has 0 aliphatic carbocycles. The van der Waals surface area contributed by atoms with Crippen molar-refractivity contribution in [1.29, 1.82) is 0 Å². The summed E-state index contributed by atoms with van der Waals surface area (Å²) in [5.74, 6) is 0.326. The third kappa shape index (κ3) is 4.32. The van der Waals surface area contributed by atoms with Crippen molar-refractivity contribution in [3.05, 3.63) is 65.7 Å². The Morgan fingerprint density at radius 3 is 2.57 bits per heavy atom. The molecule has 0 bridgehead atoms. The molecule has 4 heteroatoms. The van der Waals surface area contributed by atoms with Crippen molar-refractivity contribution in [1.82, 2.24) is 10.2 Å². The first kappa shape index (κ1) is 16.0. The van der Waals surface area contributed by atoms with Gasteiger partial charge in [-0.3, -0.25) is 4.90 Å². The van der Waals surface area contributed by atoms with E-state index in [4.69, 9.17) is 0 Å². The number of likely N-dealkylation sites (tertiary alicyclic amines) is 1. The van der Waals surface area contributed by atoms with E-state index in [0.717, 1.165) is 31.6 Å². The first-order chi connectivity index (χ1) is 11.2. The third-order valence-electron chi connectivity index (χ3n) is 4.42. The van der Waals surface area contributed by atoms with Crippen molar-refractivity contribution in [2.24, 2.45) is 0 Å². The van der Waals surface area contributed by atoms with Gasteiger partial charge in [0.25, 0.3) is 0 Å². The maximum Gasteiger partial charge on any atom is 0.120 e. The van der Waals surface area contributed by atoms with Gasteiger partial charge in [0.15, 0.2) is 0 Å². The number of nitrogens with zero attached hydrogens (tertiary/aromatic N) is 1. The molecule has 3 N–H and O–H groups in total. The maximum atomic E-state index is 10.00. The summed E-state index contributed by atoms with van der Waals surface area (Å²) in [6.07, 6.45) is 0.538. The standard InChI is InChI=1S/C19H24N2O2/c22-18-10-17(12-20-11-16-8-4-5-9-19(16)23)21(14-18)13-15-6-2-1-3-7-15/h1-9,17-18,20,22-23H,10-14H2. The Hall–Kier alpha value is -1.88. The van der Waals surface area contributed by atoms with Crippen LogP contribution in [0.4, 0.5) is 0 Å². The number of para-hydroxylation sites is 1. The van der Waals surface area contributed by atoms with E-state index in [1.54, 1.807) is 6.07 Å². The predicted octanol–water partition coefficient (Wildman–Crippen LogP) is 2.12. The van der Waals surface area contributed by atoms with Crippen LogP contribution in [-0.2, 0) is 13.1 Å². The summed E-state index contributed by atoms with van der Waals surface area (Å²) in [4.78, 5) is 2.33. The van der Waals surface area contributed by atoms with Gasteiger partial charge in [-0.25, -0.2) is 0 Å². The molecule has 1 aliphatic rings. The highest BCUT2D eigenvalue weighted by molar-refractivity contribution is 5.31. The molecule has 0 amide bonds. The van der Waals surface area contributed by atoms with Crippen LogP contribution in [0.3, 0.4) is 0 Å². The quantitative estimate of drug-likeness (QED) is 0.765. The summed E-state index contributed by atoms with van der Waals surface area (Å²) >= 11 is 0. The van der Waals surface area contributed by atoms with E-state index in [1.807, 2.05) is 36.4 Å². The summed E-state index contributed by atoms with van der Waals surface area (Å²) in [5.41, 5.74) is 2.17. The fourth-order valence-electron chi connectivity index (χ4n) is 3.22. The molecule has 2 atom stereocenters. The smallest absolute Gasteiger partial charge is 0.120 e. The van der Waals surface area contributed by atoms with Crippen LogP contribution >= 0.6 is 0 Å². The van der Waals surface area contributed by atoms with Crippen molar-refractivity contribution >= 4 is 0 Å². The molecule has 1 aliphatic heterocycles. The summed E-state index contributed by atoms with van der Waals surface area (Å²) in [6.45, 7) is 3.02. The van der Waals surface area contributed by atoms with Crippen molar-refractivity contribution in [3.8, 4) is 5.75 Å². The third-order valence-corrected chi connectivity index (χ3v) is 4.42. The lowest BCUT2D eigenvalue weighted by Crippen LogP contribution is -2.37. The summed E-state index contributed by atoms with van der Waals surface area (Å²) in [6, 6.07) is 18.1. The zero-order valence-corrected chi connectivity index (χ0v) is 13.2. The van der Waals surface area contributed by atoms with Gasteiger partial charge >= 0.3 is 0 Å². The first-order valence-corrected chi connectivity index (χ1v) is 8.16. The van der Waals surface area contributed by atoms with E-state index in [0.29, 0.717) is 18.3 Å². The van der Waals surface area contributed by atoms with Crippen molar-refractivity contribution in [2.45, 2.75) is 31.7 Å². The molecule has 122 valence electrons. The topological polar surface area (TPSA) is 55.7 Å². The zero-order valence-electron chi connectivity index (χ0n) is 13.2. The van der Waals surface area contributed by atoms with Crippen LogP contribution in [0.15, 0.2) is 54.6 Å². The van der Waals surface area contributed by atoms with E-state index in [2.05, 4.69) is 22.3 Å². The molecule has 1 saturated heterocycles. The second kappa shape index (κ2) is 7.59. The largest absolute Gasteiger partial charge is 0.508 e. The molecule has 0 spiro atoms. The van der Waals surface area contributed by atoms with Crippen LogP contribution in [0.2, 0.25) is 0 Å². The Kier molecular flexibility index (Phi) is 5.28. The van der Waals surface area contributed by atoms with Crippen LogP contribution < -0.4 is 5.32 Å². The van der Waals surface area contributed by atoms with Gasteiger partial charge in [0.2, 0.25) is 0 Å².